The Kier molecular flexibility index (Phi) is 5.05. The van der Waals surface area contributed by atoms with Crippen LogP contribution < -0.4 is 10.6 Å². The zero-order chi connectivity index (χ0) is 12.8. The van der Waals surface area contributed by atoms with E-state index in [9.17, 15) is 14.9 Å². The highest BCUT2D eigenvalue weighted by Crippen LogP contribution is 2.23. The molecule has 1 amide bonds. The van der Waals surface area contributed by atoms with Crippen LogP contribution in [0.2, 0.25) is 0 Å². The van der Waals surface area contributed by atoms with Crippen molar-refractivity contribution in [1.29, 1.82) is 0 Å². The first kappa shape index (κ1) is 13.6. The lowest BCUT2D eigenvalue weighted by molar-refractivity contribution is -0.380. The first-order chi connectivity index (χ1) is 8.04. The second-order valence-corrected chi connectivity index (χ2v) is 4.63. The van der Waals surface area contributed by atoms with Gasteiger partial charge in [0, 0.05) is 18.7 Å². The molecule has 1 heterocycles. The Hall–Kier alpha value is -1.47. The van der Waals surface area contributed by atoms with Crippen LogP contribution >= 0.6 is 11.3 Å². The summed E-state index contributed by atoms with van der Waals surface area (Å²) < 4.78 is 0. The molecule has 1 aromatic rings. The Morgan fingerprint density at radius 1 is 1.59 bits per heavy atom. The lowest BCUT2D eigenvalue weighted by Gasteiger charge is -2.12. The summed E-state index contributed by atoms with van der Waals surface area (Å²) in [5, 5.41) is 16.3. The minimum absolute atomic E-state index is 0.0186. The zero-order valence-corrected chi connectivity index (χ0v) is 10.5. The Labute approximate surface area is 103 Å². The van der Waals surface area contributed by atoms with Crippen LogP contribution in [0.15, 0.2) is 12.1 Å². The highest BCUT2D eigenvalue weighted by atomic mass is 32.1. The third-order valence-electron chi connectivity index (χ3n) is 2.12. The van der Waals surface area contributed by atoms with E-state index in [2.05, 4.69) is 10.6 Å². The average Bonchev–Trinajstić information content (AvgIpc) is 2.75. The van der Waals surface area contributed by atoms with Gasteiger partial charge in [0.05, 0.1) is 9.80 Å². The van der Waals surface area contributed by atoms with E-state index in [0.29, 0.717) is 11.4 Å². The molecule has 0 aliphatic rings. The van der Waals surface area contributed by atoms with Crippen molar-refractivity contribution >= 4 is 22.2 Å². The molecule has 0 fully saturated rings. The Morgan fingerprint density at radius 3 is 2.82 bits per heavy atom. The molecule has 1 atom stereocenters. The topological polar surface area (TPSA) is 84.3 Å². The maximum absolute atomic E-state index is 11.6. The van der Waals surface area contributed by atoms with Gasteiger partial charge >= 0.3 is 5.00 Å². The van der Waals surface area contributed by atoms with E-state index in [1.165, 1.54) is 12.1 Å². The molecule has 0 bridgehead atoms. The monoisotopic (exact) mass is 257 g/mol. The molecule has 94 valence electrons. The summed E-state index contributed by atoms with van der Waals surface area (Å²) in [6.07, 6.45) is 0. The summed E-state index contributed by atoms with van der Waals surface area (Å²) in [6.45, 7) is 5.28. The number of rotatable bonds is 6. The fourth-order valence-electron chi connectivity index (χ4n) is 1.30. The molecule has 0 spiro atoms. The number of carbonyl (C=O) groups excluding carboxylic acids is 1. The fraction of sp³-hybridized carbons (Fsp3) is 0.500. The summed E-state index contributed by atoms with van der Waals surface area (Å²) in [5.41, 5.74) is 0. The molecule has 6 nitrogen and oxygen atoms in total. The SMILES string of the molecule is CCN[C@H](C)CNC(=O)c1ccc([N+](=O)[O-])s1. The number of thiophene rings is 1. The van der Waals surface area contributed by atoms with Crippen molar-refractivity contribution in [2.75, 3.05) is 13.1 Å². The van der Waals surface area contributed by atoms with Gasteiger partial charge in [-0.05, 0) is 19.5 Å². The minimum Gasteiger partial charge on any atom is -0.350 e. The van der Waals surface area contributed by atoms with E-state index in [1.54, 1.807) is 0 Å². The predicted octanol–water partition coefficient (Wildman–Crippen LogP) is 1.38. The Bertz CT molecular complexity index is 405. The quantitative estimate of drug-likeness (QED) is 0.595. The molecule has 0 unspecified atom stereocenters. The third-order valence-corrected chi connectivity index (χ3v) is 3.15. The molecular weight excluding hydrogens is 242 g/mol. The van der Waals surface area contributed by atoms with E-state index in [0.717, 1.165) is 17.9 Å². The molecule has 17 heavy (non-hydrogen) atoms. The van der Waals surface area contributed by atoms with Crippen LogP contribution in [-0.2, 0) is 0 Å². The smallest absolute Gasteiger partial charge is 0.324 e. The van der Waals surface area contributed by atoms with Crippen molar-refractivity contribution < 1.29 is 9.72 Å². The van der Waals surface area contributed by atoms with Gasteiger partial charge in [-0.3, -0.25) is 14.9 Å². The van der Waals surface area contributed by atoms with Crippen LogP contribution in [0.4, 0.5) is 5.00 Å². The first-order valence-electron chi connectivity index (χ1n) is 5.30. The molecular formula is C10H15N3O3S. The van der Waals surface area contributed by atoms with E-state index < -0.39 is 4.92 Å². The number of hydrogen-bond donors (Lipinski definition) is 2. The van der Waals surface area contributed by atoms with Crippen LogP contribution in [0, 0.1) is 10.1 Å². The zero-order valence-electron chi connectivity index (χ0n) is 9.73. The van der Waals surface area contributed by atoms with E-state index in [1.807, 2.05) is 13.8 Å². The van der Waals surface area contributed by atoms with Crippen molar-refractivity contribution in [2.24, 2.45) is 0 Å². The average molecular weight is 257 g/mol. The molecule has 0 aromatic carbocycles. The van der Waals surface area contributed by atoms with Gasteiger partial charge in [-0.15, -0.1) is 0 Å². The maximum Gasteiger partial charge on any atom is 0.324 e. The Morgan fingerprint density at radius 2 is 2.29 bits per heavy atom. The van der Waals surface area contributed by atoms with Gasteiger partial charge in [-0.1, -0.05) is 18.3 Å². The first-order valence-corrected chi connectivity index (χ1v) is 6.12. The lowest BCUT2D eigenvalue weighted by atomic mass is 10.3. The molecule has 0 aliphatic carbocycles. The van der Waals surface area contributed by atoms with Crippen molar-refractivity contribution in [3.63, 3.8) is 0 Å². The number of nitrogens with zero attached hydrogens (tertiary/aromatic N) is 1. The minimum atomic E-state index is -0.497. The second-order valence-electron chi connectivity index (χ2n) is 3.56. The number of hydrogen-bond acceptors (Lipinski definition) is 5. The van der Waals surface area contributed by atoms with E-state index in [-0.39, 0.29) is 17.0 Å². The number of likely N-dealkylation sites (N-methyl/N-ethyl adjacent to an activating group) is 1. The molecule has 2 N–H and O–H groups in total. The van der Waals surface area contributed by atoms with Crippen LogP contribution in [0.3, 0.4) is 0 Å². The highest BCUT2D eigenvalue weighted by molar-refractivity contribution is 7.17. The molecule has 1 aromatic heterocycles. The van der Waals surface area contributed by atoms with E-state index >= 15 is 0 Å². The predicted molar refractivity (Wildman–Crippen MR) is 66.4 cm³/mol. The standard InChI is InChI=1S/C10H15N3O3S/c1-3-11-7(2)6-12-10(14)8-4-5-9(17-8)13(15)16/h4-5,7,11H,3,6H2,1-2H3,(H,12,14)/t7-/m1/s1. The van der Waals surface area contributed by atoms with E-state index in [4.69, 9.17) is 0 Å². The Balaban J connectivity index is 2.49. The van der Waals surface area contributed by atoms with Crippen LogP contribution in [0.1, 0.15) is 23.5 Å². The van der Waals surface area contributed by atoms with Gasteiger partial charge in [0.2, 0.25) is 0 Å². The number of nitrogens with one attached hydrogen (secondary N) is 2. The highest BCUT2D eigenvalue weighted by Gasteiger charge is 2.15. The lowest BCUT2D eigenvalue weighted by Crippen LogP contribution is -2.38. The summed E-state index contributed by atoms with van der Waals surface area (Å²) >= 11 is 0.883. The van der Waals surface area contributed by atoms with Gasteiger partial charge in [-0.25, -0.2) is 0 Å². The third kappa shape index (κ3) is 4.12. The number of carbonyl (C=O) groups is 1. The van der Waals surface area contributed by atoms with Gasteiger partial charge in [0.1, 0.15) is 0 Å². The molecule has 1 rings (SSSR count). The molecule has 0 radical (unpaired) electrons. The summed E-state index contributed by atoms with van der Waals surface area (Å²) in [6, 6.07) is 2.99. The number of amides is 1. The van der Waals surface area contributed by atoms with Gasteiger partial charge in [0.15, 0.2) is 0 Å². The van der Waals surface area contributed by atoms with Crippen LogP contribution in [0.5, 0.6) is 0 Å². The largest absolute Gasteiger partial charge is 0.350 e. The molecule has 0 saturated carbocycles. The molecule has 0 aliphatic heterocycles. The van der Waals surface area contributed by atoms with Gasteiger partial charge in [-0.2, -0.15) is 0 Å². The fourth-order valence-corrected chi connectivity index (χ4v) is 2.04. The van der Waals surface area contributed by atoms with Crippen LogP contribution in [0.25, 0.3) is 0 Å². The van der Waals surface area contributed by atoms with Crippen molar-refractivity contribution in [2.45, 2.75) is 19.9 Å². The summed E-state index contributed by atoms with van der Waals surface area (Å²) in [7, 11) is 0. The van der Waals surface area contributed by atoms with Crippen molar-refractivity contribution in [3.8, 4) is 0 Å². The molecule has 7 heteroatoms. The van der Waals surface area contributed by atoms with Gasteiger partial charge in [0.25, 0.3) is 5.91 Å². The normalized spacial score (nSPS) is 12.1. The molecule has 0 saturated heterocycles. The van der Waals surface area contributed by atoms with Crippen molar-refractivity contribution in [3.05, 3.63) is 27.1 Å². The van der Waals surface area contributed by atoms with Crippen LogP contribution in [-0.4, -0.2) is 30.0 Å². The number of nitro groups is 1. The second kappa shape index (κ2) is 6.31. The summed E-state index contributed by atoms with van der Waals surface area (Å²) in [4.78, 5) is 22.0. The van der Waals surface area contributed by atoms with Gasteiger partial charge < -0.3 is 10.6 Å². The van der Waals surface area contributed by atoms with Crippen molar-refractivity contribution in [1.82, 2.24) is 10.6 Å². The summed E-state index contributed by atoms with van der Waals surface area (Å²) in [5.74, 6) is -0.271. The maximum atomic E-state index is 11.6.